The lowest BCUT2D eigenvalue weighted by Gasteiger charge is -2.17. The van der Waals surface area contributed by atoms with Gasteiger partial charge in [-0.1, -0.05) is 30.3 Å². The van der Waals surface area contributed by atoms with Gasteiger partial charge in [0.25, 0.3) is 0 Å². The average molecular weight is 430 g/mol. The second-order valence-corrected chi connectivity index (χ2v) is 7.50. The number of carbonyl (C=O) groups excluding carboxylic acids is 1. The highest BCUT2D eigenvalue weighted by Gasteiger charge is 2.11. The Morgan fingerprint density at radius 2 is 1.88 bits per heavy atom. The quantitative estimate of drug-likeness (QED) is 0.404. The molecule has 2 aromatic heterocycles. The van der Waals surface area contributed by atoms with Gasteiger partial charge < -0.3 is 19.5 Å². The van der Waals surface area contributed by atoms with Crippen molar-refractivity contribution in [1.29, 1.82) is 0 Å². The Bertz CT molecular complexity index is 1170. The third kappa shape index (κ3) is 5.12. The van der Waals surface area contributed by atoms with Crippen molar-refractivity contribution in [3.63, 3.8) is 0 Å². The van der Waals surface area contributed by atoms with Crippen LogP contribution in [0.4, 0.5) is 11.6 Å². The minimum absolute atomic E-state index is 0.0771. The third-order valence-electron chi connectivity index (χ3n) is 5.23. The van der Waals surface area contributed by atoms with E-state index >= 15 is 0 Å². The van der Waals surface area contributed by atoms with Gasteiger partial charge in [-0.3, -0.25) is 4.79 Å². The van der Waals surface area contributed by atoms with Crippen LogP contribution in [-0.2, 0) is 16.0 Å². The molecule has 0 bridgehead atoms. The fourth-order valence-electron chi connectivity index (χ4n) is 3.39. The molecular weight excluding hydrogens is 402 g/mol. The van der Waals surface area contributed by atoms with E-state index in [1.54, 1.807) is 4.90 Å². The lowest BCUT2D eigenvalue weighted by Crippen LogP contribution is -2.31. The number of benzene rings is 2. The van der Waals surface area contributed by atoms with Crippen LogP contribution in [0.2, 0.25) is 0 Å². The Labute approximate surface area is 187 Å². The molecule has 0 spiro atoms. The van der Waals surface area contributed by atoms with Crippen molar-refractivity contribution in [2.45, 2.75) is 13.3 Å². The molecule has 0 aliphatic heterocycles. The Morgan fingerprint density at radius 1 is 1.09 bits per heavy atom. The van der Waals surface area contributed by atoms with Crippen LogP contribution < -0.4 is 5.32 Å². The van der Waals surface area contributed by atoms with Crippen molar-refractivity contribution in [2.24, 2.45) is 0 Å². The van der Waals surface area contributed by atoms with Crippen LogP contribution in [0.5, 0.6) is 0 Å². The molecule has 0 fully saturated rings. The summed E-state index contributed by atoms with van der Waals surface area (Å²) in [6.45, 7) is 3.76. The van der Waals surface area contributed by atoms with Crippen LogP contribution in [0.15, 0.2) is 73.1 Å². The summed E-state index contributed by atoms with van der Waals surface area (Å²) in [4.78, 5) is 23.3. The average Bonchev–Trinajstić information content (AvgIpc) is 3.23. The Kier molecular flexibility index (Phi) is 6.77. The minimum Gasteiger partial charge on any atom is -0.380 e. The van der Waals surface area contributed by atoms with Crippen molar-refractivity contribution in [2.75, 3.05) is 32.1 Å². The summed E-state index contributed by atoms with van der Waals surface area (Å²) in [5.41, 5.74) is 3.70. The molecule has 4 aromatic rings. The van der Waals surface area contributed by atoms with E-state index in [-0.39, 0.29) is 5.91 Å². The molecular formula is C25H27N5O2. The monoisotopic (exact) mass is 429 g/mol. The molecule has 0 atom stereocenters. The zero-order valence-corrected chi connectivity index (χ0v) is 18.4. The predicted molar refractivity (Wildman–Crippen MR) is 126 cm³/mol. The van der Waals surface area contributed by atoms with Crippen LogP contribution in [0, 0.1) is 0 Å². The predicted octanol–water partition coefficient (Wildman–Crippen LogP) is 4.20. The van der Waals surface area contributed by atoms with E-state index in [1.807, 2.05) is 91.6 Å². The zero-order valence-electron chi connectivity index (χ0n) is 18.4. The summed E-state index contributed by atoms with van der Waals surface area (Å²) in [7, 11) is 1.81. The lowest BCUT2D eigenvalue weighted by molar-refractivity contribution is -0.129. The number of amides is 1. The number of rotatable bonds is 9. The first-order valence-electron chi connectivity index (χ1n) is 10.7. The molecule has 0 aliphatic carbocycles. The lowest BCUT2D eigenvalue weighted by atomic mass is 10.1. The van der Waals surface area contributed by atoms with Gasteiger partial charge in [0, 0.05) is 49.4 Å². The second kappa shape index (κ2) is 10.1. The number of hydrogen-bond acceptors (Lipinski definition) is 5. The van der Waals surface area contributed by atoms with Gasteiger partial charge in [0.2, 0.25) is 11.9 Å². The first kappa shape index (κ1) is 21.5. The highest BCUT2D eigenvalue weighted by molar-refractivity contribution is 5.80. The fraction of sp³-hybridized carbons (Fsp3) is 0.240. The SMILES string of the molecule is CCOCCN(C)C(=O)Cc1ccc(-n2ccc3cnc(Nc4ccccc4)nc32)cc1. The molecule has 0 saturated heterocycles. The van der Waals surface area contributed by atoms with Gasteiger partial charge in [0.05, 0.1) is 13.0 Å². The number of anilines is 2. The van der Waals surface area contributed by atoms with Gasteiger partial charge in [-0.2, -0.15) is 4.98 Å². The number of nitrogens with zero attached hydrogens (tertiary/aromatic N) is 4. The normalized spacial score (nSPS) is 10.9. The molecule has 2 heterocycles. The Morgan fingerprint density at radius 3 is 2.62 bits per heavy atom. The molecule has 0 aliphatic rings. The van der Waals surface area contributed by atoms with Crippen molar-refractivity contribution in [3.05, 3.63) is 78.6 Å². The third-order valence-corrected chi connectivity index (χ3v) is 5.23. The van der Waals surface area contributed by atoms with Gasteiger partial charge in [-0.15, -0.1) is 0 Å². The van der Waals surface area contributed by atoms with Crippen molar-refractivity contribution < 1.29 is 9.53 Å². The number of hydrogen-bond donors (Lipinski definition) is 1. The van der Waals surface area contributed by atoms with E-state index < -0.39 is 0 Å². The molecule has 1 N–H and O–H groups in total. The van der Waals surface area contributed by atoms with E-state index in [9.17, 15) is 4.79 Å². The van der Waals surface area contributed by atoms with Crippen molar-refractivity contribution >= 4 is 28.6 Å². The van der Waals surface area contributed by atoms with E-state index in [0.717, 1.165) is 28.0 Å². The summed E-state index contributed by atoms with van der Waals surface area (Å²) in [5.74, 6) is 0.620. The number of nitrogens with one attached hydrogen (secondary N) is 1. The highest BCUT2D eigenvalue weighted by Crippen LogP contribution is 2.21. The Balaban J connectivity index is 1.48. The highest BCUT2D eigenvalue weighted by atomic mass is 16.5. The summed E-state index contributed by atoms with van der Waals surface area (Å²) >= 11 is 0. The van der Waals surface area contributed by atoms with Crippen molar-refractivity contribution in [3.8, 4) is 5.69 Å². The smallest absolute Gasteiger partial charge is 0.229 e. The minimum atomic E-state index is 0.0771. The molecule has 0 unspecified atom stereocenters. The number of fused-ring (bicyclic) bond motifs is 1. The van der Waals surface area contributed by atoms with Gasteiger partial charge in [0.15, 0.2) is 0 Å². The Hall–Kier alpha value is -3.71. The van der Waals surface area contributed by atoms with Crippen LogP contribution in [0.1, 0.15) is 12.5 Å². The van der Waals surface area contributed by atoms with E-state index in [1.165, 1.54) is 0 Å². The summed E-state index contributed by atoms with van der Waals surface area (Å²) < 4.78 is 7.35. The maximum absolute atomic E-state index is 12.4. The number of para-hydroxylation sites is 1. The summed E-state index contributed by atoms with van der Waals surface area (Å²) in [6, 6.07) is 19.8. The number of aromatic nitrogens is 3. The molecule has 4 rings (SSSR count). The number of ether oxygens (including phenoxy) is 1. The van der Waals surface area contributed by atoms with Gasteiger partial charge >= 0.3 is 0 Å². The fourth-order valence-corrected chi connectivity index (χ4v) is 3.39. The maximum Gasteiger partial charge on any atom is 0.229 e. The van der Waals surface area contributed by atoms with Crippen LogP contribution in [0.25, 0.3) is 16.7 Å². The zero-order chi connectivity index (χ0) is 22.3. The van der Waals surface area contributed by atoms with Crippen LogP contribution >= 0.6 is 0 Å². The molecule has 1 amide bonds. The van der Waals surface area contributed by atoms with E-state index in [0.29, 0.717) is 32.1 Å². The second-order valence-electron chi connectivity index (χ2n) is 7.50. The largest absolute Gasteiger partial charge is 0.380 e. The summed E-state index contributed by atoms with van der Waals surface area (Å²) in [5, 5.41) is 4.19. The van der Waals surface area contributed by atoms with Crippen LogP contribution in [0.3, 0.4) is 0 Å². The van der Waals surface area contributed by atoms with Crippen LogP contribution in [-0.4, -0.2) is 52.1 Å². The first-order valence-corrected chi connectivity index (χ1v) is 10.7. The molecule has 164 valence electrons. The maximum atomic E-state index is 12.4. The number of carbonyl (C=O) groups is 1. The van der Waals surface area contributed by atoms with Crippen molar-refractivity contribution in [1.82, 2.24) is 19.4 Å². The molecule has 32 heavy (non-hydrogen) atoms. The molecule has 2 aromatic carbocycles. The van der Waals surface area contributed by atoms with Gasteiger partial charge in [-0.25, -0.2) is 4.98 Å². The standard InChI is InChI=1S/C25H27N5O2/c1-3-32-16-15-29(2)23(31)17-19-9-11-22(12-10-19)30-14-13-20-18-26-25(28-24(20)30)27-21-7-5-4-6-8-21/h4-14,18H,3,15-17H2,1-2H3,(H,26,27,28). The molecule has 7 nitrogen and oxygen atoms in total. The molecule has 0 radical (unpaired) electrons. The van der Waals surface area contributed by atoms with Gasteiger partial charge in [0.1, 0.15) is 5.65 Å². The van der Waals surface area contributed by atoms with E-state index in [2.05, 4.69) is 10.3 Å². The molecule has 7 heteroatoms. The van der Waals surface area contributed by atoms with Gasteiger partial charge in [-0.05, 0) is 42.8 Å². The first-order chi connectivity index (χ1) is 15.6. The van der Waals surface area contributed by atoms with E-state index in [4.69, 9.17) is 9.72 Å². The topological polar surface area (TPSA) is 72.3 Å². The molecule has 0 saturated carbocycles. The summed E-state index contributed by atoms with van der Waals surface area (Å²) in [6.07, 6.45) is 4.16. The number of likely N-dealkylation sites (N-methyl/N-ethyl adjacent to an activating group) is 1.